The van der Waals surface area contributed by atoms with Crippen molar-refractivity contribution in [2.24, 2.45) is 0 Å². The number of pyridine rings is 1. The van der Waals surface area contributed by atoms with Gasteiger partial charge in [0.1, 0.15) is 12.4 Å². The first-order valence-electron chi connectivity index (χ1n) is 8.80. The van der Waals surface area contributed by atoms with Crippen LogP contribution in [0.3, 0.4) is 0 Å². The Kier molecular flexibility index (Phi) is 5.75. The fourth-order valence-electron chi connectivity index (χ4n) is 2.61. The van der Waals surface area contributed by atoms with E-state index in [2.05, 4.69) is 22.2 Å². The molecule has 0 fully saturated rings. The Morgan fingerprint density at radius 2 is 2.04 bits per heavy atom. The second-order valence-electron chi connectivity index (χ2n) is 6.04. The van der Waals surface area contributed by atoms with Gasteiger partial charge in [-0.2, -0.15) is 4.98 Å². The molecule has 0 aliphatic heterocycles. The van der Waals surface area contributed by atoms with Gasteiger partial charge in [0.15, 0.2) is 5.65 Å². The summed E-state index contributed by atoms with van der Waals surface area (Å²) >= 11 is 0. The Balaban J connectivity index is 1.90. The Hall–Kier alpha value is -3.29. The van der Waals surface area contributed by atoms with Crippen LogP contribution in [0.5, 0.6) is 5.75 Å². The van der Waals surface area contributed by atoms with Crippen LogP contribution in [0, 0.1) is 0 Å². The summed E-state index contributed by atoms with van der Waals surface area (Å²) in [7, 11) is 1.63. The summed E-state index contributed by atoms with van der Waals surface area (Å²) < 4.78 is 6.35. The van der Waals surface area contributed by atoms with Crippen LogP contribution in [0.25, 0.3) is 11.0 Å². The molecule has 8 nitrogen and oxygen atoms in total. The predicted octanol–water partition coefficient (Wildman–Crippen LogP) is 2.22. The lowest BCUT2D eigenvalue weighted by atomic mass is 10.2. The van der Waals surface area contributed by atoms with E-state index in [-0.39, 0.29) is 11.5 Å². The second-order valence-corrected chi connectivity index (χ2v) is 6.04. The average Bonchev–Trinajstić information content (AvgIpc) is 2.68. The van der Waals surface area contributed by atoms with Crippen molar-refractivity contribution in [1.82, 2.24) is 14.7 Å². The Labute approximate surface area is 156 Å². The molecule has 0 saturated heterocycles. The van der Waals surface area contributed by atoms with Crippen LogP contribution in [-0.4, -0.2) is 28.4 Å². The quantitative estimate of drug-likeness (QED) is 0.587. The molecule has 0 radical (unpaired) electrons. The molecular weight excluding hydrogens is 346 g/mol. The summed E-state index contributed by atoms with van der Waals surface area (Å²) in [5.74, 6) is 0.877. The number of nitrogens with two attached hydrogens (primary N) is 1. The minimum atomic E-state index is -0.311. The summed E-state index contributed by atoms with van der Waals surface area (Å²) in [6.45, 7) is 3.01. The minimum absolute atomic E-state index is 0.0852. The number of aromatic nitrogens is 3. The van der Waals surface area contributed by atoms with E-state index in [0.717, 1.165) is 24.2 Å². The first kappa shape index (κ1) is 18.5. The Morgan fingerprint density at radius 3 is 2.74 bits per heavy atom. The third-order valence-electron chi connectivity index (χ3n) is 4.10. The van der Waals surface area contributed by atoms with Crippen LogP contribution >= 0.6 is 0 Å². The zero-order valence-corrected chi connectivity index (χ0v) is 15.4. The van der Waals surface area contributed by atoms with Gasteiger partial charge in [0.25, 0.3) is 5.56 Å². The molecule has 0 aliphatic rings. The van der Waals surface area contributed by atoms with E-state index in [1.807, 2.05) is 24.3 Å². The number of rotatable bonds is 8. The monoisotopic (exact) mass is 369 g/mol. The number of nitrogens with zero attached hydrogens (tertiary/aromatic N) is 3. The van der Waals surface area contributed by atoms with Crippen molar-refractivity contribution in [3.63, 3.8) is 0 Å². The second kappa shape index (κ2) is 8.39. The molecule has 0 amide bonds. The van der Waals surface area contributed by atoms with Crippen molar-refractivity contribution in [2.75, 3.05) is 24.8 Å². The molecule has 8 heteroatoms. The van der Waals surface area contributed by atoms with E-state index in [0.29, 0.717) is 29.9 Å². The predicted molar refractivity (Wildman–Crippen MR) is 105 cm³/mol. The van der Waals surface area contributed by atoms with Crippen molar-refractivity contribution in [3.8, 4) is 5.75 Å². The molecule has 0 aliphatic carbocycles. The Bertz CT molecular complexity index is 969. The summed E-state index contributed by atoms with van der Waals surface area (Å²) in [6.07, 6.45) is 3.39. The number of hydrogen-bond acceptors (Lipinski definition) is 7. The topological polar surface area (TPSA) is 104 Å². The highest BCUT2D eigenvalue weighted by atomic mass is 16.7. The molecule has 142 valence electrons. The highest BCUT2D eigenvalue weighted by Gasteiger charge is 2.12. The number of fused-ring (bicyclic) bond motifs is 1. The molecular formula is C19H23N5O3. The maximum absolute atomic E-state index is 12.5. The molecule has 1 aromatic carbocycles. The summed E-state index contributed by atoms with van der Waals surface area (Å²) in [5.41, 5.74) is 7.42. The van der Waals surface area contributed by atoms with Crippen LogP contribution in [0.4, 0.5) is 11.6 Å². The summed E-state index contributed by atoms with van der Waals surface area (Å²) in [4.78, 5) is 26.4. The highest BCUT2D eigenvalue weighted by molar-refractivity contribution is 5.88. The molecule has 0 spiro atoms. The zero-order valence-electron chi connectivity index (χ0n) is 15.4. The van der Waals surface area contributed by atoms with E-state index < -0.39 is 0 Å². The van der Waals surface area contributed by atoms with Gasteiger partial charge in [0, 0.05) is 18.8 Å². The van der Waals surface area contributed by atoms with E-state index in [4.69, 9.17) is 15.3 Å². The van der Waals surface area contributed by atoms with Gasteiger partial charge in [-0.15, -0.1) is 4.73 Å². The van der Waals surface area contributed by atoms with Gasteiger partial charge in [-0.05, 0) is 24.1 Å². The molecule has 0 saturated carbocycles. The van der Waals surface area contributed by atoms with Crippen LogP contribution in [0.1, 0.15) is 25.3 Å². The maximum Gasteiger partial charge on any atom is 0.287 e. The number of benzene rings is 1. The first-order chi connectivity index (χ1) is 13.1. The molecule has 2 aromatic heterocycles. The van der Waals surface area contributed by atoms with Crippen LogP contribution in [0.2, 0.25) is 0 Å². The molecule has 3 aromatic rings. The van der Waals surface area contributed by atoms with Gasteiger partial charge in [-0.25, -0.2) is 4.98 Å². The average molecular weight is 369 g/mol. The molecule has 0 bridgehead atoms. The number of anilines is 2. The SMILES string of the molecule is CCCCOn1c(=O)cc(NCc2ccc(OC)cc2)c2cnc(N)nc21. The molecule has 2 heterocycles. The van der Waals surface area contributed by atoms with E-state index >= 15 is 0 Å². The number of nitrogen functional groups attached to an aromatic ring is 1. The summed E-state index contributed by atoms with van der Waals surface area (Å²) in [5, 5.41) is 3.93. The van der Waals surface area contributed by atoms with Crippen LogP contribution in [0.15, 0.2) is 41.3 Å². The number of unbranched alkanes of at least 4 members (excludes halogenated alkanes) is 1. The van der Waals surface area contributed by atoms with Gasteiger partial charge in [0.2, 0.25) is 5.95 Å². The van der Waals surface area contributed by atoms with Crippen LogP contribution in [-0.2, 0) is 6.54 Å². The molecule has 3 N–H and O–H groups in total. The van der Waals surface area contributed by atoms with E-state index in [1.165, 1.54) is 10.8 Å². The minimum Gasteiger partial charge on any atom is -0.497 e. The number of methoxy groups -OCH3 is 1. The van der Waals surface area contributed by atoms with Crippen molar-refractivity contribution in [1.29, 1.82) is 0 Å². The lowest BCUT2D eigenvalue weighted by molar-refractivity contribution is 0.108. The van der Waals surface area contributed by atoms with E-state index in [9.17, 15) is 4.79 Å². The molecule has 0 unspecified atom stereocenters. The maximum atomic E-state index is 12.5. The number of hydrogen-bond donors (Lipinski definition) is 2. The molecule has 27 heavy (non-hydrogen) atoms. The molecule has 3 rings (SSSR count). The highest BCUT2D eigenvalue weighted by Crippen LogP contribution is 2.21. The third-order valence-corrected chi connectivity index (χ3v) is 4.10. The van der Waals surface area contributed by atoms with Gasteiger partial charge >= 0.3 is 0 Å². The lowest BCUT2D eigenvalue weighted by Gasteiger charge is -2.14. The third kappa shape index (κ3) is 4.28. The van der Waals surface area contributed by atoms with Crippen molar-refractivity contribution >= 4 is 22.7 Å². The lowest BCUT2D eigenvalue weighted by Crippen LogP contribution is -2.28. The zero-order chi connectivity index (χ0) is 19.2. The smallest absolute Gasteiger partial charge is 0.287 e. The van der Waals surface area contributed by atoms with Crippen molar-refractivity contribution < 1.29 is 9.57 Å². The fourth-order valence-corrected chi connectivity index (χ4v) is 2.61. The largest absolute Gasteiger partial charge is 0.497 e. The van der Waals surface area contributed by atoms with Crippen LogP contribution < -0.4 is 26.2 Å². The van der Waals surface area contributed by atoms with Crippen molar-refractivity contribution in [2.45, 2.75) is 26.3 Å². The normalized spacial score (nSPS) is 10.7. The van der Waals surface area contributed by atoms with Gasteiger partial charge < -0.3 is 20.6 Å². The van der Waals surface area contributed by atoms with Gasteiger partial charge in [-0.3, -0.25) is 4.79 Å². The molecule has 0 atom stereocenters. The Morgan fingerprint density at radius 1 is 1.26 bits per heavy atom. The first-order valence-corrected chi connectivity index (χ1v) is 8.80. The number of nitrogens with one attached hydrogen (secondary N) is 1. The van der Waals surface area contributed by atoms with E-state index in [1.54, 1.807) is 13.3 Å². The summed E-state index contributed by atoms with van der Waals surface area (Å²) in [6, 6.07) is 9.17. The van der Waals surface area contributed by atoms with Gasteiger partial charge in [-0.1, -0.05) is 25.5 Å². The van der Waals surface area contributed by atoms with Gasteiger partial charge in [0.05, 0.1) is 18.2 Å². The standard InChI is InChI=1S/C19H23N5O3/c1-3-4-9-27-24-17(25)10-16(15-12-22-19(20)23-18(15)24)21-11-13-5-7-14(26-2)8-6-13/h5-8,10,12,21H,3-4,9,11H2,1-2H3,(H2,20,22,23). The number of ether oxygens (including phenoxy) is 1. The fraction of sp³-hybridized carbons (Fsp3) is 0.316. The van der Waals surface area contributed by atoms with Crippen molar-refractivity contribution in [3.05, 3.63) is 52.4 Å².